The van der Waals surface area contributed by atoms with Gasteiger partial charge in [0.05, 0.1) is 12.7 Å². The molecule has 2 aromatic rings. The Bertz CT molecular complexity index is 612. The van der Waals surface area contributed by atoms with Crippen molar-refractivity contribution >= 4 is 17.5 Å². The molecule has 0 fully saturated rings. The average Bonchev–Trinajstić information content (AvgIpc) is 2.91. The lowest BCUT2D eigenvalue weighted by atomic mass is 10.2. The van der Waals surface area contributed by atoms with E-state index in [2.05, 4.69) is 15.7 Å². The van der Waals surface area contributed by atoms with Crippen LogP contribution in [0, 0.1) is 6.92 Å². The third-order valence-corrected chi connectivity index (χ3v) is 3.61. The van der Waals surface area contributed by atoms with Gasteiger partial charge in [0.2, 0.25) is 5.91 Å². The van der Waals surface area contributed by atoms with Gasteiger partial charge in [-0.05, 0) is 24.1 Å². The number of rotatable bonds is 8. The van der Waals surface area contributed by atoms with Crippen molar-refractivity contribution in [2.24, 2.45) is 0 Å². The van der Waals surface area contributed by atoms with Crippen molar-refractivity contribution in [2.45, 2.75) is 26.4 Å². The fourth-order valence-electron chi connectivity index (χ4n) is 2.03. The SMILES string of the molecule is Cc1cnn(CCNCCC(=O)NCc2ccccc2Cl)c1. The summed E-state index contributed by atoms with van der Waals surface area (Å²) in [7, 11) is 0. The number of amides is 1. The predicted molar refractivity (Wildman–Crippen MR) is 87.7 cm³/mol. The molecule has 0 bridgehead atoms. The lowest BCUT2D eigenvalue weighted by molar-refractivity contribution is -0.121. The number of halogens is 1. The van der Waals surface area contributed by atoms with Crippen molar-refractivity contribution < 1.29 is 4.79 Å². The van der Waals surface area contributed by atoms with Crippen LogP contribution in [0.2, 0.25) is 5.02 Å². The highest BCUT2D eigenvalue weighted by Crippen LogP contribution is 2.14. The summed E-state index contributed by atoms with van der Waals surface area (Å²) in [6.45, 7) is 4.72. The van der Waals surface area contributed by atoms with Gasteiger partial charge in [0.15, 0.2) is 0 Å². The van der Waals surface area contributed by atoms with Gasteiger partial charge in [-0.3, -0.25) is 9.48 Å². The summed E-state index contributed by atoms with van der Waals surface area (Å²) in [6, 6.07) is 7.51. The minimum Gasteiger partial charge on any atom is -0.352 e. The molecule has 0 radical (unpaired) electrons. The van der Waals surface area contributed by atoms with Crippen molar-refractivity contribution in [3.63, 3.8) is 0 Å². The molecule has 0 saturated carbocycles. The number of nitrogens with zero attached hydrogens (tertiary/aromatic N) is 2. The Kier molecular flexibility index (Phi) is 6.43. The van der Waals surface area contributed by atoms with Crippen LogP contribution in [-0.4, -0.2) is 28.8 Å². The van der Waals surface area contributed by atoms with E-state index in [9.17, 15) is 4.79 Å². The zero-order valence-electron chi connectivity index (χ0n) is 12.7. The summed E-state index contributed by atoms with van der Waals surface area (Å²) < 4.78 is 1.89. The highest BCUT2D eigenvalue weighted by atomic mass is 35.5. The molecule has 118 valence electrons. The molecule has 2 rings (SSSR count). The van der Waals surface area contributed by atoms with Gasteiger partial charge < -0.3 is 10.6 Å². The second kappa shape index (κ2) is 8.56. The Morgan fingerprint density at radius 2 is 2.14 bits per heavy atom. The Balaban J connectivity index is 1.57. The van der Waals surface area contributed by atoms with Crippen LogP contribution in [0.5, 0.6) is 0 Å². The van der Waals surface area contributed by atoms with E-state index in [0.717, 1.165) is 24.2 Å². The summed E-state index contributed by atoms with van der Waals surface area (Å²) in [5.41, 5.74) is 2.08. The number of hydrogen-bond donors (Lipinski definition) is 2. The zero-order chi connectivity index (χ0) is 15.8. The molecule has 1 aromatic carbocycles. The highest BCUT2D eigenvalue weighted by molar-refractivity contribution is 6.31. The fraction of sp³-hybridized carbons (Fsp3) is 0.375. The van der Waals surface area contributed by atoms with E-state index in [1.165, 1.54) is 0 Å². The van der Waals surface area contributed by atoms with Crippen molar-refractivity contribution in [1.82, 2.24) is 20.4 Å². The van der Waals surface area contributed by atoms with Crippen LogP contribution in [0.4, 0.5) is 0 Å². The van der Waals surface area contributed by atoms with Crippen LogP contribution in [0.15, 0.2) is 36.7 Å². The van der Waals surface area contributed by atoms with Crippen LogP contribution >= 0.6 is 11.6 Å². The molecule has 0 saturated heterocycles. The normalized spacial score (nSPS) is 10.6. The van der Waals surface area contributed by atoms with Gasteiger partial charge in [-0.15, -0.1) is 0 Å². The van der Waals surface area contributed by atoms with Crippen LogP contribution in [-0.2, 0) is 17.9 Å². The molecule has 0 aliphatic carbocycles. The van der Waals surface area contributed by atoms with Gasteiger partial charge in [-0.1, -0.05) is 29.8 Å². The van der Waals surface area contributed by atoms with Crippen molar-refractivity contribution in [3.05, 3.63) is 52.8 Å². The molecule has 2 N–H and O–H groups in total. The topological polar surface area (TPSA) is 59.0 Å². The number of carbonyl (C=O) groups excluding carboxylic acids is 1. The molecular formula is C16H21ClN4O. The smallest absolute Gasteiger partial charge is 0.221 e. The first-order valence-corrected chi connectivity index (χ1v) is 7.73. The van der Waals surface area contributed by atoms with Crippen LogP contribution < -0.4 is 10.6 Å². The highest BCUT2D eigenvalue weighted by Gasteiger charge is 2.03. The summed E-state index contributed by atoms with van der Waals surface area (Å²) in [5, 5.41) is 11.0. The summed E-state index contributed by atoms with van der Waals surface area (Å²) >= 11 is 6.04. The van der Waals surface area contributed by atoms with Crippen LogP contribution in [0.1, 0.15) is 17.5 Å². The van der Waals surface area contributed by atoms with E-state index in [1.807, 2.05) is 48.3 Å². The minimum atomic E-state index is 0.0161. The molecule has 1 amide bonds. The molecule has 1 aromatic heterocycles. The van der Waals surface area contributed by atoms with Gasteiger partial charge in [-0.2, -0.15) is 5.10 Å². The van der Waals surface area contributed by atoms with Crippen LogP contribution in [0.25, 0.3) is 0 Å². The fourth-order valence-corrected chi connectivity index (χ4v) is 2.24. The number of nitrogens with one attached hydrogen (secondary N) is 2. The first-order valence-electron chi connectivity index (χ1n) is 7.35. The number of carbonyl (C=O) groups is 1. The standard InChI is InChI=1S/C16H21ClN4O/c1-13-10-20-21(12-13)9-8-18-7-6-16(22)19-11-14-4-2-3-5-15(14)17/h2-5,10,12,18H,6-9,11H2,1H3,(H,19,22). The van der Waals surface area contributed by atoms with E-state index in [4.69, 9.17) is 11.6 Å². The molecule has 22 heavy (non-hydrogen) atoms. The first-order chi connectivity index (χ1) is 10.6. The third kappa shape index (κ3) is 5.50. The molecule has 0 aliphatic heterocycles. The Morgan fingerprint density at radius 1 is 1.32 bits per heavy atom. The number of aromatic nitrogens is 2. The number of benzene rings is 1. The van der Waals surface area contributed by atoms with Crippen LogP contribution in [0.3, 0.4) is 0 Å². The Hall–Kier alpha value is -1.85. The van der Waals surface area contributed by atoms with Crippen molar-refractivity contribution in [2.75, 3.05) is 13.1 Å². The second-order valence-electron chi connectivity index (χ2n) is 5.15. The quantitative estimate of drug-likeness (QED) is 0.733. The lowest BCUT2D eigenvalue weighted by Gasteiger charge is -2.08. The molecule has 0 atom stereocenters. The van der Waals surface area contributed by atoms with Gasteiger partial charge >= 0.3 is 0 Å². The lowest BCUT2D eigenvalue weighted by Crippen LogP contribution is -2.28. The van der Waals surface area contributed by atoms with E-state index in [1.54, 1.807) is 0 Å². The summed E-state index contributed by atoms with van der Waals surface area (Å²) in [4.78, 5) is 11.8. The molecule has 0 unspecified atom stereocenters. The number of hydrogen-bond acceptors (Lipinski definition) is 3. The average molecular weight is 321 g/mol. The van der Waals surface area contributed by atoms with E-state index in [0.29, 0.717) is 24.5 Å². The maximum atomic E-state index is 11.8. The van der Waals surface area contributed by atoms with Crippen molar-refractivity contribution in [3.8, 4) is 0 Å². The van der Waals surface area contributed by atoms with Gasteiger partial charge in [0.25, 0.3) is 0 Å². The monoisotopic (exact) mass is 320 g/mol. The predicted octanol–water partition coefficient (Wildman–Crippen LogP) is 2.14. The first kappa shape index (κ1) is 16.5. The van der Waals surface area contributed by atoms with Gasteiger partial charge in [0, 0.05) is 37.3 Å². The Morgan fingerprint density at radius 3 is 2.86 bits per heavy atom. The Labute approximate surface area is 135 Å². The maximum Gasteiger partial charge on any atom is 0.221 e. The van der Waals surface area contributed by atoms with E-state index < -0.39 is 0 Å². The number of aryl methyl sites for hydroxylation is 1. The maximum absolute atomic E-state index is 11.8. The summed E-state index contributed by atoms with van der Waals surface area (Å²) in [5.74, 6) is 0.0161. The molecular weight excluding hydrogens is 300 g/mol. The van der Waals surface area contributed by atoms with Crippen molar-refractivity contribution in [1.29, 1.82) is 0 Å². The molecule has 5 nitrogen and oxygen atoms in total. The van der Waals surface area contributed by atoms with E-state index in [-0.39, 0.29) is 5.91 Å². The van der Waals surface area contributed by atoms with Gasteiger partial charge in [0.1, 0.15) is 0 Å². The molecule has 0 aliphatic rings. The second-order valence-corrected chi connectivity index (χ2v) is 5.56. The zero-order valence-corrected chi connectivity index (χ0v) is 13.4. The molecule has 1 heterocycles. The molecule has 0 spiro atoms. The minimum absolute atomic E-state index is 0.0161. The largest absolute Gasteiger partial charge is 0.352 e. The van der Waals surface area contributed by atoms with Gasteiger partial charge in [-0.25, -0.2) is 0 Å². The van der Waals surface area contributed by atoms with E-state index >= 15 is 0 Å². The summed E-state index contributed by atoms with van der Waals surface area (Å²) in [6.07, 6.45) is 4.28. The molecule has 6 heteroatoms. The third-order valence-electron chi connectivity index (χ3n) is 3.24.